The molecule has 0 saturated heterocycles. The van der Waals surface area contributed by atoms with Gasteiger partial charge in [-0.3, -0.25) is 4.99 Å². The number of methoxy groups -OCH3 is 1. The Hall–Kier alpha value is -3.64. The summed E-state index contributed by atoms with van der Waals surface area (Å²) in [5, 5.41) is 9.22. The molecule has 0 fully saturated rings. The van der Waals surface area contributed by atoms with E-state index in [1.54, 1.807) is 36.5 Å². The van der Waals surface area contributed by atoms with E-state index in [1.807, 2.05) is 24.3 Å². The minimum atomic E-state index is -0.969. The number of aromatic carboxylic acids is 1. The van der Waals surface area contributed by atoms with Crippen LogP contribution in [0.5, 0.6) is 5.75 Å². The third-order valence-electron chi connectivity index (χ3n) is 4.22. The summed E-state index contributed by atoms with van der Waals surface area (Å²) in [6.45, 7) is 0.282. The number of hydrogen-bond acceptors (Lipinski definition) is 5. The van der Waals surface area contributed by atoms with Gasteiger partial charge in [-0.1, -0.05) is 35.9 Å². The number of aliphatic imine (C=N–C) groups is 1. The quantitative estimate of drug-likeness (QED) is 0.419. The maximum Gasteiger partial charge on any atom is 0.339 e. The number of carboxylic acids is 1. The number of benzene rings is 3. The topological polar surface area (TPSA) is 85.2 Å². The highest BCUT2D eigenvalue weighted by molar-refractivity contribution is 6.33. The minimum Gasteiger partial charge on any atom is -0.488 e. The molecule has 0 saturated carbocycles. The number of para-hydroxylation sites is 1. The van der Waals surface area contributed by atoms with Crippen LogP contribution in [0.4, 0.5) is 5.69 Å². The molecule has 0 bridgehead atoms. The van der Waals surface area contributed by atoms with E-state index in [0.717, 1.165) is 11.1 Å². The van der Waals surface area contributed by atoms with Crippen LogP contribution in [0.2, 0.25) is 5.02 Å². The molecule has 6 nitrogen and oxygen atoms in total. The highest BCUT2D eigenvalue weighted by atomic mass is 35.5. The summed E-state index contributed by atoms with van der Waals surface area (Å²) in [7, 11) is 1.29. The van der Waals surface area contributed by atoms with Gasteiger partial charge in [-0.2, -0.15) is 0 Å². The molecule has 0 aliphatic rings. The van der Waals surface area contributed by atoms with Crippen molar-refractivity contribution in [3.63, 3.8) is 0 Å². The number of rotatable bonds is 7. The highest BCUT2D eigenvalue weighted by Gasteiger charge is 2.10. The maximum atomic E-state index is 11.6. The van der Waals surface area contributed by atoms with Crippen LogP contribution in [0.1, 0.15) is 31.8 Å². The number of esters is 1. The van der Waals surface area contributed by atoms with E-state index in [4.69, 9.17) is 21.4 Å². The molecule has 3 rings (SSSR count). The number of halogens is 1. The molecule has 0 unspecified atom stereocenters. The molecule has 0 aliphatic carbocycles. The molecule has 152 valence electrons. The lowest BCUT2D eigenvalue weighted by Gasteiger charge is -2.09. The van der Waals surface area contributed by atoms with E-state index < -0.39 is 11.9 Å². The van der Waals surface area contributed by atoms with Gasteiger partial charge in [0.25, 0.3) is 0 Å². The van der Waals surface area contributed by atoms with E-state index in [2.05, 4.69) is 9.73 Å². The summed E-state index contributed by atoms with van der Waals surface area (Å²) in [6.07, 6.45) is 1.65. The average Bonchev–Trinajstić information content (AvgIpc) is 2.76. The van der Waals surface area contributed by atoms with Gasteiger partial charge in [-0.15, -0.1) is 0 Å². The zero-order valence-electron chi connectivity index (χ0n) is 16.0. The van der Waals surface area contributed by atoms with Gasteiger partial charge in [0.05, 0.1) is 28.9 Å². The van der Waals surface area contributed by atoms with Crippen LogP contribution in [-0.4, -0.2) is 30.4 Å². The average molecular weight is 424 g/mol. The van der Waals surface area contributed by atoms with Gasteiger partial charge in [-0.05, 0) is 48.0 Å². The second kappa shape index (κ2) is 9.71. The summed E-state index contributed by atoms with van der Waals surface area (Å²) >= 11 is 6.13. The molecule has 0 spiro atoms. The molecule has 1 N–H and O–H groups in total. The molecule has 30 heavy (non-hydrogen) atoms. The smallest absolute Gasteiger partial charge is 0.339 e. The highest BCUT2D eigenvalue weighted by Crippen LogP contribution is 2.24. The Kier molecular flexibility index (Phi) is 6.83. The van der Waals surface area contributed by atoms with E-state index >= 15 is 0 Å². The third-order valence-corrected chi connectivity index (χ3v) is 4.54. The molecule has 0 radical (unpaired) electrons. The normalized spacial score (nSPS) is 10.7. The second-order valence-electron chi connectivity index (χ2n) is 6.24. The lowest BCUT2D eigenvalue weighted by Crippen LogP contribution is -2.01. The van der Waals surface area contributed by atoms with Crippen LogP contribution < -0.4 is 4.74 Å². The Morgan fingerprint density at radius 3 is 2.47 bits per heavy atom. The molecular weight excluding hydrogens is 406 g/mol. The number of nitrogens with zero attached hydrogens (tertiary/aromatic N) is 1. The molecule has 0 aromatic heterocycles. The fourth-order valence-electron chi connectivity index (χ4n) is 2.63. The van der Waals surface area contributed by atoms with Gasteiger partial charge >= 0.3 is 11.9 Å². The van der Waals surface area contributed by atoms with Crippen LogP contribution in [0.25, 0.3) is 0 Å². The first kappa shape index (κ1) is 21.1. The van der Waals surface area contributed by atoms with Gasteiger partial charge in [0.1, 0.15) is 12.4 Å². The van der Waals surface area contributed by atoms with Gasteiger partial charge in [0, 0.05) is 11.8 Å². The summed E-state index contributed by atoms with van der Waals surface area (Å²) in [4.78, 5) is 27.0. The van der Waals surface area contributed by atoms with Crippen LogP contribution >= 0.6 is 11.6 Å². The SMILES string of the molecule is COC(=O)c1ccc(N=Cc2ccccc2OCc2ccc(C(=O)O)cc2)cc1Cl. The molecule has 3 aromatic carbocycles. The van der Waals surface area contributed by atoms with Crippen molar-refractivity contribution < 1.29 is 24.2 Å². The van der Waals surface area contributed by atoms with Crippen molar-refractivity contribution in [2.45, 2.75) is 6.61 Å². The Bertz CT molecular complexity index is 1090. The van der Waals surface area contributed by atoms with Crippen molar-refractivity contribution >= 4 is 35.4 Å². The predicted molar refractivity (Wildman–Crippen MR) is 114 cm³/mol. The van der Waals surface area contributed by atoms with E-state index in [9.17, 15) is 9.59 Å². The zero-order chi connectivity index (χ0) is 21.5. The van der Waals surface area contributed by atoms with Gasteiger partial charge in [-0.25, -0.2) is 9.59 Å². The Balaban J connectivity index is 1.73. The number of carboxylic acid groups (broad SMARTS) is 1. The number of carbonyl (C=O) groups excluding carboxylic acids is 1. The summed E-state index contributed by atoms with van der Waals surface area (Å²) in [6, 6.07) is 18.7. The van der Waals surface area contributed by atoms with Crippen molar-refractivity contribution in [2.75, 3.05) is 7.11 Å². The van der Waals surface area contributed by atoms with Crippen molar-refractivity contribution in [1.29, 1.82) is 0 Å². The first-order valence-electron chi connectivity index (χ1n) is 8.94. The van der Waals surface area contributed by atoms with Crippen molar-refractivity contribution in [2.24, 2.45) is 4.99 Å². The standard InChI is InChI=1S/C23H18ClNO5/c1-29-23(28)19-11-10-18(12-20(19)24)25-13-17-4-2-3-5-21(17)30-14-15-6-8-16(9-7-15)22(26)27/h2-13H,14H2,1H3,(H,26,27). The maximum absolute atomic E-state index is 11.6. The second-order valence-corrected chi connectivity index (χ2v) is 6.65. The van der Waals surface area contributed by atoms with E-state index in [0.29, 0.717) is 11.4 Å². The van der Waals surface area contributed by atoms with Crippen LogP contribution in [-0.2, 0) is 11.3 Å². The Morgan fingerprint density at radius 2 is 1.80 bits per heavy atom. The molecule has 0 heterocycles. The molecule has 0 amide bonds. The first-order valence-corrected chi connectivity index (χ1v) is 9.31. The molecule has 0 aliphatic heterocycles. The van der Waals surface area contributed by atoms with Gasteiger partial charge in [0.2, 0.25) is 0 Å². The van der Waals surface area contributed by atoms with Crippen LogP contribution in [0.15, 0.2) is 71.7 Å². The summed E-state index contributed by atoms with van der Waals surface area (Å²) in [5.74, 6) is -0.852. The monoisotopic (exact) mass is 423 g/mol. The molecular formula is C23H18ClNO5. The fourth-order valence-corrected chi connectivity index (χ4v) is 2.88. The van der Waals surface area contributed by atoms with Crippen molar-refractivity contribution in [3.8, 4) is 5.75 Å². The molecule has 3 aromatic rings. The van der Waals surface area contributed by atoms with Crippen LogP contribution in [0.3, 0.4) is 0 Å². The third kappa shape index (κ3) is 5.24. The first-order chi connectivity index (χ1) is 14.5. The minimum absolute atomic E-state index is 0.225. The molecule has 7 heteroatoms. The lowest BCUT2D eigenvalue weighted by molar-refractivity contribution is 0.0600. The largest absolute Gasteiger partial charge is 0.488 e. The summed E-state index contributed by atoms with van der Waals surface area (Å²) < 4.78 is 10.6. The fraction of sp³-hybridized carbons (Fsp3) is 0.0870. The number of carbonyl (C=O) groups is 2. The Morgan fingerprint density at radius 1 is 1.07 bits per heavy atom. The zero-order valence-corrected chi connectivity index (χ0v) is 16.8. The Labute approximate surface area is 178 Å². The van der Waals surface area contributed by atoms with Crippen molar-refractivity contribution in [1.82, 2.24) is 0 Å². The number of hydrogen-bond donors (Lipinski definition) is 1. The number of ether oxygens (including phenoxy) is 2. The van der Waals surface area contributed by atoms with E-state index in [1.165, 1.54) is 19.2 Å². The van der Waals surface area contributed by atoms with E-state index in [-0.39, 0.29) is 22.8 Å². The predicted octanol–water partition coefficient (Wildman–Crippen LogP) is 5.15. The lowest BCUT2D eigenvalue weighted by atomic mass is 10.1. The molecule has 0 atom stereocenters. The van der Waals surface area contributed by atoms with Gasteiger partial charge in [0.15, 0.2) is 0 Å². The van der Waals surface area contributed by atoms with Gasteiger partial charge < -0.3 is 14.6 Å². The van der Waals surface area contributed by atoms with Crippen LogP contribution in [0, 0.1) is 0 Å². The van der Waals surface area contributed by atoms with Crippen molar-refractivity contribution in [3.05, 3.63) is 94.0 Å². The summed E-state index contributed by atoms with van der Waals surface area (Å²) in [5.41, 5.74) is 2.68.